The van der Waals surface area contributed by atoms with Crippen molar-refractivity contribution in [3.05, 3.63) is 80.6 Å². The summed E-state index contributed by atoms with van der Waals surface area (Å²) in [4.78, 5) is 20.3. The van der Waals surface area contributed by atoms with Crippen molar-refractivity contribution in [1.82, 2.24) is 5.16 Å². The van der Waals surface area contributed by atoms with Crippen molar-refractivity contribution < 1.29 is 18.6 Å². The fourth-order valence-corrected chi connectivity index (χ4v) is 3.42. The summed E-state index contributed by atoms with van der Waals surface area (Å²) in [6, 6.07) is 13.8. The molecule has 0 saturated carbocycles. The molecule has 1 aromatic heterocycles. The van der Waals surface area contributed by atoms with Crippen LogP contribution in [0.1, 0.15) is 5.76 Å². The molecule has 1 atom stereocenters. The number of nitro benzene ring substituents is 2. The summed E-state index contributed by atoms with van der Waals surface area (Å²) in [6.07, 6.45) is 0. The van der Waals surface area contributed by atoms with Gasteiger partial charge in [-0.2, -0.15) is 0 Å². The lowest BCUT2D eigenvalue weighted by Gasteiger charge is -2.01. The highest BCUT2D eigenvalue weighted by Gasteiger charge is 2.24. The average Bonchev–Trinajstić information content (AvgIpc) is 3.10. The van der Waals surface area contributed by atoms with Crippen molar-refractivity contribution in [2.45, 2.75) is 10.6 Å². The van der Waals surface area contributed by atoms with E-state index in [4.69, 9.17) is 4.52 Å². The zero-order chi connectivity index (χ0) is 18.7. The molecule has 132 valence electrons. The van der Waals surface area contributed by atoms with Crippen LogP contribution < -0.4 is 0 Å². The van der Waals surface area contributed by atoms with E-state index in [1.165, 1.54) is 0 Å². The molecule has 0 fully saturated rings. The molecule has 0 saturated heterocycles. The second-order valence-electron chi connectivity index (χ2n) is 5.20. The first-order chi connectivity index (χ1) is 12.5. The molecule has 0 aliphatic carbocycles. The monoisotopic (exact) mass is 373 g/mol. The van der Waals surface area contributed by atoms with E-state index in [9.17, 15) is 24.4 Å². The van der Waals surface area contributed by atoms with Crippen LogP contribution >= 0.6 is 0 Å². The lowest BCUT2D eigenvalue weighted by molar-refractivity contribution is -0.396. The van der Waals surface area contributed by atoms with Gasteiger partial charge in [0.05, 0.1) is 32.5 Å². The maximum Gasteiger partial charge on any atom is 0.292 e. The van der Waals surface area contributed by atoms with E-state index in [1.807, 2.05) is 30.3 Å². The molecule has 2 aromatic carbocycles. The summed E-state index contributed by atoms with van der Waals surface area (Å²) >= 11 is 0. The van der Waals surface area contributed by atoms with E-state index < -0.39 is 32.0 Å². The molecule has 26 heavy (non-hydrogen) atoms. The van der Waals surface area contributed by atoms with Crippen LogP contribution in [0.25, 0.3) is 11.3 Å². The van der Waals surface area contributed by atoms with Crippen LogP contribution in [-0.2, 0) is 16.6 Å². The van der Waals surface area contributed by atoms with E-state index in [-0.39, 0.29) is 16.4 Å². The van der Waals surface area contributed by atoms with Gasteiger partial charge >= 0.3 is 0 Å². The maximum absolute atomic E-state index is 12.5. The number of nitro groups is 2. The van der Waals surface area contributed by atoms with E-state index in [0.717, 1.165) is 23.8 Å². The summed E-state index contributed by atoms with van der Waals surface area (Å²) in [6.45, 7) is 0. The Morgan fingerprint density at radius 1 is 1.00 bits per heavy atom. The molecular weight excluding hydrogens is 362 g/mol. The Balaban J connectivity index is 1.86. The molecule has 3 rings (SSSR count). The second kappa shape index (κ2) is 7.23. The maximum atomic E-state index is 12.5. The highest BCUT2D eigenvalue weighted by atomic mass is 32.2. The zero-order valence-corrected chi connectivity index (χ0v) is 13.9. The van der Waals surface area contributed by atoms with Crippen molar-refractivity contribution in [2.75, 3.05) is 0 Å². The Bertz CT molecular complexity index is 1000. The number of rotatable bonds is 6. The molecule has 0 amide bonds. The summed E-state index contributed by atoms with van der Waals surface area (Å²) < 4.78 is 17.7. The van der Waals surface area contributed by atoms with Gasteiger partial charge in [0.1, 0.15) is 16.3 Å². The Kier molecular flexibility index (Phi) is 4.85. The normalized spacial score (nSPS) is 11.8. The molecule has 0 aliphatic heterocycles. The number of hydrogen-bond donors (Lipinski definition) is 0. The average molecular weight is 373 g/mol. The Hall–Kier alpha value is -3.40. The third-order valence-corrected chi connectivity index (χ3v) is 4.88. The summed E-state index contributed by atoms with van der Waals surface area (Å²) in [5.74, 6) is 0.146. The Labute approximate surface area is 149 Å². The molecule has 9 nitrogen and oxygen atoms in total. The predicted octanol–water partition coefficient (Wildman–Crippen LogP) is 3.47. The first-order valence-electron chi connectivity index (χ1n) is 7.28. The molecule has 10 heteroatoms. The minimum Gasteiger partial charge on any atom is -0.360 e. The standard InChI is InChI=1S/C16H11N3O6S/c20-18(21)12-6-7-16(15(8-12)19(22)23)26(24)10-13-9-14(17-25-13)11-4-2-1-3-5-11/h1-9H,10H2. The lowest BCUT2D eigenvalue weighted by atomic mass is 10.1. The van der Waals surface area contributed by atoms with Gasteiger partial charge < -0.3 is 4.52 Å². The quantitative estimate of drug-likeness (QED) is 0.478. The fourth-order valence-electron chi connectivity index (χ4n) is 2.29. The van der Waals surface area contributed by atoms with Crippen LogP contribution in [-0.4, -0.2) is 19.2 Å². The van der Waals surface area contributed by atoms with Crippen LogP contribution in [0.4, 0.5) is 11.4 Å². The number of hydrogen-bond acceptors (Lipinski definition) is 7. The van der Waals surface area contributed by atoms with Crippen LogP contribution in [0, 0.1) is 20.2 Å². The minimum atomic E-state index is -1.83. The van der Waals surface area contributed by atoms with E-state index in [1.54, 1.807) is 6.07 Å². The minimum absolute atomic E-state index is 0.113. The highest BCUT2D eigenvalue weighted by molar-refractivity contribution is 7.84. The van der Waals surface area contributed by atoms with Gasteiger partial charge in [0.2, 0.25) is 0 Å². The van der Waals surface area contributed by atoms with Crippen molar-refractivity contribution in [1.29, 1.82) is 0 Å². The van der Waals surface area contributed by atoms with Gasteiger partial charge in [-0.1, -0.05) is 35.5 Å². The molecular formula is C16H11N3O6S. The molecule has 0 spiro atoms. The number of aromatic nitrogens is 1. The number of non-ortho nitro benzene ring substituents is 1. The molecule has 3 aromatic rings. The Morgan fingerprint density at radius 2 is 1.73 bits per heavy atom. The molecule has 1 heterocycles. The van der Waals surface area contributed by atoms with Crippen molar-refractivity contribution in [3.8, 4) is 11.3 Å². The molecule has 0 N–H and O–H groups in total. The smallest absolute Gasteiger partial charge is 0.292 e. The molecule has 0 bridgehead atoms. The zero-order valence-electron chi connectivity index (χ0n) is 13.1. The predicted molar refractivity (Wildman–Crippen MR) is 91.8 cm³/mol. The van der Waals surface area contributed by atoms with Crippen LogP contribution in [0.2, 0.25) is 0 Å². The van der Waals surface area contributed by atoms with Gasteiger partial charge in [-0.05, 0) is 6.07 Å². The van der Waals surface area contributed by atoms with E-state index >= 15 is 0 Å². The van der Waals surface area contributed by atoms with Gasteiger partial charge in [-0.25, -0.2) is 0 Å². The SMILES string of the molecule is O=[N+]([O-])c1ccc(S(=O)Cc2cc(-c3ccccc3)no2)c([N+](=O)[O-])c1. The highest BCUT2D eigenvalue weighted by Crippen LogP contribution is 2.29. The van der Waals surface area contributed by atoms with Gasteiger partial charge in [-0.15, -0.1) is 0 Å². The number of benzene rings is 2. The summed E-state index contributed by atoms with van der Waals surface area (Å²) in [7, 11) is -1.83. The topological polar surface area (TPSA) is 129 Å². The third-order valence-electron chi connectivity index (χ3n) is 3.50. The van der Waals surface area contributed by atoms with Crippen LogP contribution in [0.15, 0.2) is 64.0 Å². The molecule has 1 unspecified atom stereocenters. The first kappa shape index (κ1) is 17.4. The lowest BCUT2D eigenvalue weighted by Crippen LogP contribution is -2.02. The first-order valence-corrected chi connectivity index (χ1v) is 8.60. The van der Waals surface area contributed by atoms with E-state index in [0.29, 0.717) is 5.69 Å². The van der Waals surface area contributed by atoms with Crippen molar-refractivity contribution in [3.63, 3.8) is 0 Å². The number of nitrogens with zero attached hydrogens (tertiary/aromatic N) is 3. The van der Waals surface area contributed by atoms with Gasteiger partial charge in [0, 0.05) is 17.7 Å². The third kappa shape index (κ3) is 3.64. The van der Waals surface area contributed by atoms with E-state index in [2.05, 4.69) is 5.16 Å². The second-order valence-corrected chi connectivity index (χ2v) is 6.62. The Morgan fingerprint density at radius 3 is 2.38 bits per heavy atom. The van der Waals surface area contributed by atoms with Gasteiger partial charge in [-0.3, -0.25) is 24.4 Å². The van der Waals surface area contributed by atoms with Crippen LogP contribution in [0.3, 0.4) is 0 Å². The van der Waals surface area contributed by atoms with Gasteiger partial charge in [0.25, 0.3) is 11.4 Å². The van der Waals surface area contributed by atoms with Crippen LogP contribution in [0.5, 0.6) is 0 Å². The molecule has 0 radical (unpaired) electrons. The summed E-state index contributed by atoms with van der Waals surface area (Å²) in [5.41, 5.74) is 0.356. The van der Waals surface area contributed by atoms with Crippen molar-refractivity contribution in [2.24, 2.45) is 0 Å². The van der Waals surface area contributed by atoms with Gasteiger partial charge in [0.15, 0.2) is 0 Å². The van der Waals surface area contributed by atoms with Crippen molar-refractivity contribution >= 4 is 22.2 Å². The largest absolute Gasteiger partial charge is 0.360 e. The fraction of sp³-hybridized carbons (Fsp3) is 0.0625. The molecule has 0 aliphatic rings. The summed E-state index contributed by atoms with van der Waals surface area (Å²) in [5, 5.41) is 25.8.